The third kappa shape index (κ3) is 2.17. The van der Waals surface area contributed by atoms with Gasteiger partial charge in [-0.3, -0.25) is 0 Å². The van der Waals surface area contributed by atoms with Crippen LogP contribution in [0.4, 0.5) is 5.95 Å². The number of ether oxygens (including phenoxy) is 1. The molecule has 0 amide bonds. The normalized spacial score (nSPS) is 27.2. The number of rotatable bonds is 3. The fraction of sp³-hybridized carbons (Fsp3) is 0.750. The molecule has 3 rings (SSSR count). The molecule has 2 aliphatic rings. The number of morpholine rings is 1. The van der Waals surface area contributed by atoms with Crippen LogP contribution in [0.2, 0.25) is 0 Å². The van der Waals surface area contributed by atoms with Gasteiger partial charge in [-0.25, -0.2) is 4.98 Å². The third-order valence-corrected chi connectivity index (χ3v) is 3.55. The summed E-state index contributed by atoms with van der Waals surface area (Å²) in [4.78, 5) is 6.79. The number of nitrogens with zero attached hydrogens (tertiary/aromatic N) is 3. The minimum Gasteiger partial charge on any atom is -0.373 e. The first-order chi connectivity index (χ1) is 8.25. The van der Waals surface area contributed by atoms with Gasteiger partial charge in [0.1, 0.15) is 0 Å². The van der Waals surface area contributed by atoms with Crippen LogP contribution in [0.3, 0.4) is 0 Å². The molecule has 94 valence electrons. The summed E-state index contributed by atoms with van der Waals surface area (Å²) in [6.45, 7) is 4.50. The molecule has 5 nitrogen and oxygen atoms in total. The molecule has 1 aromatic rings. The Morgan fingerprint density at radius 3 is 3.06 bits per heavy atom. The predicted octanol–water partition coefficient (Wildman–Crippen LogP) is 0.770. The molecule has 0 bridgehead atoms. The van der Waals surface area contributed by atoms with Crippen LogP contribution in [0.1, 0.15) is 25.8 Å². The first-order valence-corrected chi connectivity index (χ1v) is 6.40. The Labute approximate surface area is 102 Å². The van der Waals surface area contributed by atoms with Gasteiger partial charge in [0, 0.05) is 37.6 Å². The fourth-order valence-corrected chi connectivity index (χ4v) is 2.36. The van der Waals surface area contributed by atoms with Crippen molar-refractivity contribution in [3.05, 3.63) is 12.4 Å². The average Bonchev–Trinajstić information content (AvgIpc) is 3.07. The minimum atomic E-state index is 0.0714. The van der Waals surface area contributed by atoms with Crippen molar-refractivity contribution < 1.29 is 4.74 Å². The zero-order valence-electron chi connectivity index (χ0n) is 10.2. The van der Waals surface area contributed by atoms with Crippen molar-refractivity contribution >= 4 is 5.95 Å². The van der Waals surface area contributed by atoms with E-state index in [2.05, 4.69) is 20.6 Å². The van der Waals surface area contributed by atoms with E-state index in [0.29, 0.717) is 6.04 Å². The molecule has 1 saturated carbocycles. The maximum absolute atomic E-state index is 5.91. The van der Waals surface area contributed by atoms with Gasteiger partial charge in [0.25, 0.3) is 0 Å². The number of aromatic nitrogens is 2. The minimum absolute atomic E-state index is 0.0714. The summed E-state index contributed by atoms with van der Waals surface area (Å²) in [5, 5.41) is 0. The molecule has 1 saturated heterocycles. The maximum atomic E-state index is 5.91. The summed E-state index contributed by atoms with van der Waals surface area (Å²) in [6, 6.07) is 0.742. The van der Waals surface area contributed by atoms with Gasteiger partial charge < -0.3 is 19.9 Å². The molecule has 0 spiro atoms. The molecule has 2 heterocycles. The summed E-state index contributed by atoms with van der Waals surface area (Å²) in [5.41, 5.74) is 5.91. The van der Waals surface area contributed by atoms with Gasteiger partial charge in [0.05, 0.1) is 12.7 Å². The second-order valence-electron chi connectivity index (χ2n) is 5.08. The lowest BCUT2D eigenvalue weighted by molar-refractivity contribution is 0.0269. The van der Waals surface area contributed by atoms with Gasteiger partial charge >= 0.3 is 0 Å². The molecule has 1 aliphatic carbocycles. The van der Waals surface area contributed by atoms with E-state index >= 15 is 0 Å². The lowest BCUT2D eigenvalue weighted by Crippen LogP contribution is -2.50. The summed E-state index contributed by atoms with van der Waals surface area (Å²) in [6.07, 6.45) is 6.66. The van der Waals surface area contributed by atoms with E-state index in [4.69, 9.17) is 10.5 Å². The Balaban J connectivity index is 1.76. The Hall–Kier alpha value is -1.07. The van der Waals surface area contributed by atoms with E-state index in [9.17, 15) is 0 Å². The lowest BCUT2D eigenvalue weighted by Gasteiger charge is -2.35. The van der Waals surface area contributed by atoms with E-state index in [1.54, 1.807) is 0 Å². The maximum Gasteiger partial charge on any atom is 0.205 e. The van der Waals surface area contributed by atoms with Crippen molar-refractivity contribution in [1.82, 2.24) is 9.55 Å². The van der Waals surface area contributed by atoms with Gasteiger partial charge in [0.2, 0.25) is 5.95 Å². The molecule has 1 aliphatic heterocycles. The van der Waals surface area contributed by atoms with Crippen LogP contribution < -0.4 is 10.6 Å². The van der Waals surface area contributed by atoms with Crippen LogP contribution in [-0.4, -0.2) is 41.4 Å². The third-order valence-electron chi connectivity index (χ3n) is 3.55. The average molecular weight is 236 g/mol. The zero-order valence-corrected chi connectivity index (χ0v) is 10.2. The number of anilines is 1. The van der Waals surface area contributed by atoms with E-state index in [1.807, 2.05) is 13.1 Å². The molecular weight excluding hydrogens is 216 g/mol. The Bertz CT molecular complexity index is 386. The predicted molar refractivity (Wildman–Crippen MR) is 66.1 cm³/mol. The highest BCUT2D eigenvalue weighted by atomic mass is 16.5. The second kappa shape index (κ2) is 4.31. The van der Waals surface area contributed by atoms with Gasteiger partial charge in [-0.15, -0.1) is 0 Å². The van der Waals surface area contributed by atoms with Gasteiger partial charge in [-0.2, -0.15) is 0 Å². The quantitative estimate of drug-likeness (QED) is 0.842. The summed E-state index contributed by atoms with van der Waals surface area (Å²) >= 11 is 0. The summed E-state index contributed by atoms with van der Waals surface area (Å²) in [5.74, 6) is 1.08. The summed E-state index contributed by atoms with van der Waals surface area (Å²) in [7, 11) is 0. The van der Waals surface area contributed by atoms with Crippen LogP contribution in [0.25, 0.3) is 0 Å². The van der Waals surface area contributed by atoms with Crippen molar-refractivity contribution in [2.24, 2.45) is 5.73 Å². The van der Waals surface area contributed by atoms with E-state index < -0.39 is 0 Å². The molecule has 2 atom stereocenters. The van der Waals surface area contributed by atoms with E-state index in [-0.39, 0.29) is 12.1 Å². The van der Waals surface area contributed by atoms with Crippen LogP contribution in [0.15, 0.2) is 12.4 Å². The largest absolute Gasteiger partial charge is 0.373 e. The lowest BCUT2D eigenvalue weighted by atomic mass is 10.1. The SMILES string of the molecule is CC(N)C1CN(c2nccn2C2CC2)CCO1. The molecule has 2 fully saturated rings. The van der Waals surface area contributed by atoms with E-state index in [1.165, 1.54) is 12.8 Å². The molecule has 1 aromatic heterocycles. The standard InChI is InChI=1S/C12H20N4O/c1-9(13)11-8-15(6-7-17-11)12-14-4-5-16(12)10-2-3-10/h4-5,9-11H,2-3,6-8,13H2,1H3. The molecular formula is C12H20N4O. The number of hydrogen-bond donors (Lipinski definition) is 1. The van der Waals surface area contributed by atoms with Crippen molar-refractivity contribution in [2.45, 2.75) is 38.0 Å². The smallest absolute Gasteiger partial charge is 0.205 e. The van der Waals surface area contributed by atoms with Crippen LogP contribution in [0.5, 0.6) is 0 Å². The molecule has 0 radical (unpaired) electrons. The zero-order chi connectivity index (χ0) is 11.8. The van der Waals surface area contributed by atoms with E-state index in [0.717, 1.165) is 25.6 Å². The molecule has 5 heteroatoms. The molecule has 2 N–H and O–H groups in total. The highest BCUT2D eigenvalue weighted by molar-refractivity contribution is 5.33. The van der Waals surface area contributed by atoms with Gasteiger partial charge in [-0.1, -0.05) is 0 Å². The highest BCUT2D eigenvalue weighted by Gasteiger charge is 2.30. The van der Waals surface area contributed by atoms with Gasteiger partial charge in [-0.05, 0) is 19.8 Å². The van der Waals surface area contributed by atoms with Crippen molar-refractivity contribution in [2.75, 3.05) is 24.6 Å². The number of nitrogens with two attached hydrogens (primary N) is 1. The van der Waals surface area contributed by atoms with Crippen molar-refractivity contribution in [3.8, 4) is 0 Å². The molecule has 17 heavy (non-hydrogen) atoms. The molecule has 0 aromatic carbocycles. The van der Waals surface area contributed by atoms with Crippen molar-refractivity contribution in [3.63, 3.8) is 0 Å². The monoisotopic (exact) mass is 236 g/mol. The van der Waals surface area contributed by atoms with Crippen LogP contribution in [-0.2, 0) is 4.74 Å². The Morgan fingerprint density at radius 1 is 1.53 bits per heavy atom. The Morgan fingerprint density at radius 2 is 2.35 bits per heavy atom. The van der Waals surface area contributed by atoms with Crippen LogP contribution in [0, 0.1) is 0 Å². The van der Waals surface area contributed by atoms with Crippen LogP contribution >= 0.6 is 0 Å². The van der Waals surface area contributed by atoms with Gasteiger partial charge in [0.15, 0.2) is 0 Å². The fourth-order valence-electron chi connectivity index (χ4n) is 2.36. The number of hydrogen-bond acceptors (Lipinski definition) is 4. The Kier molecular flexibility index (Phi) is 2.80. The molecule has 2 unspecified atom stereocenters. The van der Waals surface area contributed by atoms with Crippen molar-refractivity contribution in [1.29, 1.82) is 0 Å². The number of imidazole rings is 1. The first-order valence-electron chi connectivity index (χ1n) is 6.40. The summed E-state index contributed by atoms with van der Waals surface area (Å²) < 4.78 is 7.98. The highest BCUT2D eigenvalue weighted by Crippen LogP contribution is 2.37. The topological polar surface area (TPSA) is 56.3 Å². The first kappa shape index (κ1) is 11.0. The second-order valence-corrected chi connectivity index (χ2v) is 5.08.